The zero-order valence-electron chi connectivity index (χ0n) is 27.1. The fourth-order valence-corrected chi connectivity index (χ4v) is 8.22. The molecular weight excluding hydrogens is 613 g/mol. The smallest absolute Gasteiger partial charge is 0.160 e. The van der Waals surface area contributed by atoms with Gasteiger partial charge in [-0.3, -0.25) is 0 Å². The van der Waals surface area contributed by atoms with Crippen LogP contribution in [0.3, 0.4) is 0 Å². The van der Waals surface area contributed by atoms with Gasteiger partial charge in [0.25, 0.3) is 0 Å². The lowest BCUT2D eigenvalue weighted by Gasteiger charge is -2.10. The van der Waals surface area contributed by atoms with Crippen LogP contribution in [0.2, 0.25) is 0 Å². The molecule has 1 aromatic heterocycles. The Hall–Kier alpha value is -5.90. The molecule has 49 heavy (non-hydrogen) atoms. The molecule has 2 heterocycles. The third-order valence-electron chi connectivity index (χ3n) is 9.49. The summed E-state index contributed by atoms with van der Waals surface area (Å²) in [5, 5.41) is 5.05. The van der Waals surface area contributed by atoms with Gasteiger partial charge in [0.05, 0.1) is 11.4 Å². The normalized spacial score (nSPS) is 13.5. The number of rotatable bonds is 5. The average Bonchev–Trinajstić information content (AvgIpc) is 3.45. The van der Waals surface area contributed by atoms with Crippen LogP contribution >= 0.6 is 11.3 Å². The van der Waals surface area contributed by atoms with Crippen LogP contribution in [0, 0.1) is 0 Å². The number of hydrogen-bond donors (Lipinski definition) is 0. The highest BCUT2D eigenvalue weighted by Gasteiger charge is 2.19. The lowest BCUT2D eigenvalue weighted by molar-refractivity contribution is 1.25. The van der Waals surface area contributed by atoms with Crippen molar-refractivity contribution in [1.82, 2.24) is 0 Å². The van der Waals surface area contributed by atoms with E-state index in [1.807, 2.05) is 11.3 Å². The molecule has 0 spiro atoms. The molecule has 1 aliphatic heterocycles. The maximum absolute atomic E-state index is 5.36. The minimum Gasteiger partial charge on any atom is -0.232 e. The molecule has 8 aromatic rings. The van der Waals surface area contributed by atoms with Gasteiger partial charge in [0.2, 0.25) is 0 Å². The van der Waals surface area contributed by atoms with Crippen LogP contribution < -0.4 is 0 Å². The Morgan fingerprint density at radius 3 is 1.94 bits per heavy atom. The van der Waals surface area contributed by atoms with Gasteiger partial charge in [-0.05, 0) is 63.2 Å². The Morgan fingerprint density at radius 1 is 0.469 bits per heavy atom. The van der Waals surface area contributed by atoms with Crippen LogP contribution in [0.5, 0.6) is 0 Å². The van der Waals surface area contributed by atoms with Crippen LogP contribution in [0.15, 0.2) is 179 Å². The van der Waals surface area contributed by atoms with Gasteiger partial charge in [-0.25, -0.2) is 9.98 Å². The number of amidine groups is 1. The summed E-state index contributed by atoms with van der Waals surface area (Å²) in [5.74, 6) is 0.743. The zero-order chi connectivity index (χ0) is 32.7. The molecular formula is C46H32N2S. The van der Waals surface area contributed by atoms with Crippen molar-refractivity contribution in [3.63, 3.8) is 0 Å². The number of thiophene rings is 1. The molecule has 0 amide bonds. The molecule has 0 bridgehead atoms. The van der Waals surface area contributed by atoms with Gasteiger partial charge in [-0.1, -0.05) is 152 Å². The van der Waals surface area contributed by atoms with Crippen molar-refractivity contribution in [2.75, 3.05) is 0 Å². The van der Waals surface area contributed by atoms with Crippen LogP contribution in [-0.4, -0.2) is 11.5 Å². The van der Waals surface area contributed by atoms with Gasteiger partial charge in [0, 0.05) is 37.7 Å². The minimum absolute atomic E-state index is 0.727. The summed E-state index contributed by atoms with van der Waals surface area (Å²) in [4.78, 5) is 10.6. The van der Waals surface area contributed by atoms with Gasteiger partial charge < -0.3 is 0 Å². The van der Waals surface area contributed by atoms with E-state index in [1.54, 1.807) is 0 Å². The summed E-state index contributed by atoms with van der Waals surface area (Å²) in [6, 6.07) is 58.6. The zero-order valence-corrected chi connectivity index (χ0v) is 27.9. The van der Waals surface area contributed by atoms with Gasteiger partial charge in [-0.15, -0.1) is 11.3 Å². The van der Waals surface area contributed by atoms with Crippen LogP contribution in [0.1, 0.15) is 30.0 Å². The fourth-order valence-electron chi connectivity index (χ4n) is 6.94. The van der Waals surface area contributed by atoms with E-state index in [0.29, 0.717) is 0 Å². The first-order chi connectivity index (χ1) is 24.2. The summed E-state index contributed by atoms with van der Waals surface area (Å²) >= 11 is 1.85. The first-order valence-corrected chi connectivity index (χ1v) is 17.5. The number of aliphatic imine (C=N–C) groups is 2. The third kappa shape index (κ3) is 5.48. The monoisotopic (exact) mass is 644 g/mol. The summed E-state index contributed by atoms with van der Waals surface area (Å²) in [6.07, 6.45) is 0.727. The second-order valence-electron chi connectivity index (χ2n) is 12.7. The van der Waals surface area contributed by atoms with Crippen molar-refractivity contribution < 1.29 is 0 Å². The highest BCUT2D eigenvalue weighted by atomic mass is 32.1. The molecule has 0 saturated carbocycles. The van der Waals surface area contributed by atoms with E-state index in [-0.39, 0.29) is 0 Å². The second kappa shape index (κ2) is 12.3. The molecule has 9 rings (SSSR count). The standard InChI is InChI=1S/C46H32N2S/c1-30-27-42(34-14-6-3-7-15-34)47-46(48-44(30)35-22-19-32(20-23-35)37-24-21-31-11-8-9-16-36(31)28-37)38-25-26-40-41-18-10-17-39(33-12-4-2-5-13-33)45(41)49-43(40)29-38/h2-26,28-29H,27H2,1H3. The van der Waals surface area contributed by atoms with Crippen molar-refractivity contribution in [3.05, 3.63) is 186 Å². The molecule has 0 unspecified atom stereocenters. The van der Waals surface area contributed by atoms with E-state index in [4.69, 9.17) is 9.98 Å². The largest absolute Gasteiger partial charge is 0.232 e. The molecule has 3 heteroatoms. The lowest BCUT2D eigenvalue weighted by Crippen LogP contribution is -2.05. The van der Waals surface area contributed by atoms with E-state index in [1.165, 1.54) is 58.8 Å². The Morgan fingerprint density at radius 2 is 1.14 bits per heavy atom. The number of hydrogen-bond acceptors (Lipinski definition) is 3. The molecule has 0 N–H and O–H groups in total. The maximum atomic E-state index is 5.36. The third-order valence-corrected chi connectivity index (χ3v) is 10.7. The van der Waals surface area contributed by atoms with E-state index in [0.717, 1.165) is 40.4 Å². The van der Waals surface area contributed by atoms with Crippen molar-refractivity contribution in [2.45, 2.75) is 13.3 Å². The Balaban J connectivity index is 1.15. The summed E-state index contributed by atoms with van der Waals surface area (Å²) in [6.45, 7) is 2.19. The van der Waals surface area contributed by atoms with Crippen LogP contribution in [0.4, 0.5) is 0 Å². The quantitative estimate of drug-likeness (QED) is 0.178. The highest BCUT2D eigenvalue weighted by Crippen LogP contribution is 2.40. The first kappa shape index (κ1) is 29.3. The molecule has 1 aliphatic rings. The Kier molecular flexibility index (Phi) is 7.33. The van der Waals surface area contributed by atoms with Gasteiger partial charge in [-0.2, -0.15) is 0 Å². The minimum atomic E-state index is 0.727. The van der Waals surface area contributed by atoms with Gasteiger partial charge in [0.1, 0.15) is 0 Å². The SMILES string of the molecule is CC1=C(c2ccc(-c3ccc4ccccc4c3)cc2)N=C(c2ccc3c(c2)sc2c(-c4ccccc4)cccc23)N=C(c2ccccc2)C1. The molecule has 2 nitrogen and oxygen atoms in total. The van der Waals surface area contributed by atoms with Gasteiger partial charge >= 0.3 is 0 Å². The molecule has 0 aliphatic carbocycles. The Labute approximate surface area is 290 Å². The van der Waals surface area contributed by atoms with E-state index in [2.05, 4.69) is 171 Å². The van der Waals surface area contributed by atoms with Crippen molar-refractivity contribution in [3.8, 4) is 22.3 Å². The van der Waals surface area contributed by atoms with Gasteiger partial charge in [0.15, 0.2) is 5.84 Å². The summed E-state index contributed by atoms with van der Waals surface area (Å²) in [7, 11) is 0. The molecule has 0 radical (unpaired) electrons. The number of allylic oxidation sites excluding steroid dienone is 1. The lowest BCUT2D eigenvalue weighted by atomic mass is 9.97. The molecule has 232 valence electrons. The molecule has 0 atom stereocenters. The number of benzene rings is 7. The molecule has 0 saturated heterocycles. The first-order valence-electron chi connectivity index (χ1n) is 16.7. The van der Waals surface area contributed by atoms with Crippen molar-refractivity contribution >= 4 is 59.5 Å². The van der Waals surface area contributed by atoms with E-state index >= 15 is 0 Å². The maximum Gasteiger partial charge on any atom is 0.160 e. The summed E-state index contributed by atoms with van der Waals surface area (Å²) in [5.41, 5.74) is 11.4. The second-order valence-corrected chi connectivity index (χ2v) is 13.7. The van der Waals surface area contributed by atoms with Crippen LogP contribution in [-0.2, 0) is 0 Å². The highest BCUT2D eigenvalue weighted by molar-refractivity contribution is 7.26. The topological polar surface area (TPSA) is 24.7 Å². The van der Waals surface area contributed by atoms with Crippen LogP contribution in [0.25, 0.3) is 58.9 Å². The Bertz CT molecular complexity index is 2610. The van der Waals surface area contributed by atoms with E-state index in [9.17, 15) is 0 Å². The predicted molar refractivity (Wildman–Crippen MR) is 211 cm³/mol. The molecule has 0 fully saturated rings. The van der Waals surface area contributed by atoms with E-state index < -0.39 is 0 Å². The van der Waals surface area contributed by atoms with Crippen molar-refractivity contribution in [2.24, 2.45) is 9.98 Å². The van der Waals surface area contributed by atoms with Crippen molar-refractivity contribution in [1.29, 1.82) is 0 Å². The molecule has 7 aromatic carbocycles. The fraction of sp³-hybridized carbons (Fsp3) is 0.0435. The predicted octanol–water partition coefficient (Wildman–Crippen LogP) is 12.6. The number of nitrogens with zero attached hydrogens (tertiary/aromatic N) is 2. The number of fused-ring (bicyclic) bond motifs is 4. The summed E-state index contributed by atoms with van der Waals surface area (Å²) < 4.78 is 2.54. The average molecular weight is 645 g/mol.